The van der Waals surface area contributed by atoms with Gasteiger partial charge in [0.25, 0.3) is 0 Å². The zero-order valence-corrected chi connectivity index (χ0v) is 9.27. The highest BCUT2D eigenvalue weighted by Gasteiger charge is 2.43. The molecule has 1 unspecified atom stereocenters. The van der Waals surface area contributed by atoms with Crippen molar-refractivity contribution in [3.8, 4) is 6.07 Å². The van der Waals surface area contributed by atoms with Gasteiger partial charge in [-0.3, -0.25) is 0 Å². The van der Waals surface area contributed by atoms with Gasteiger partial charge in [0.2, 0.25) is 5.92 Å². The zero-order valence-electron chi connectivity index (χ0n) is 7.11. The van der Waals surface area contributed by atoms with E-state index >= 15 is 0 Å². The second kappa shape index (κ2) is 3.41. The quantitative estimate of drug-likeness (QED) is 0.473. The summed E-state index contributed by atoms with van der Waals surface area (Å²) in [7, 11) is 2.91. The minimum Gasteiger partial charge on any atom is -0.245 e. The van der Waals surface area contributed by atoms with Crippen molar-refractivity contribution in [3.05, 3.63) is 0 Å². The standard InChI is InChI=1S/C7H7IN3O2/c1-10-5(8)4(3-9)6(12)11(2)7(10)13/h4H,1-2H3/q+1. The van der Waals surface area contributed by atoms with Crippen LogP contribution in [0.2, 0.25) is 0 Å². The smallest absolute Gasteiger partial charge is 0.245 e. The summed E-state index contributed by atoms with van der Waals surface area (Å²) in [4.78, 5) is 23.6. The molecule has 0 aliphatic carbocycles. The average Bonchev–Trinajstić information content (AvgIpc) is 2.13. The highest BCUT2D eigenvalue weighted by atomic mass is 127. The van der Waals surface area contributed by atoms with Crippen LogP contribution < -0.4 is 0 Å². The number of nitrogens with zero attached hydrogens (tertiary/aromatic N) is 3. The number of rotatable bonds is 0. The molecule has 68 valence electrons. The maximum absolute atomic E-state index is 11.4. The number of imide groups is 1. The van der Waals surface area contributed by atoms with Crippen LogP contribution in [0.3, 0.4) is 0 Å². The molecule has 13 heavy (non-hydrogen) atoms. The number of hydrogen-bond acceptors (Lipinski definition) is 3. The molecular weight excluding hydrogens is 285 g/mol. The van der Waals surface area contributed by atoms with Gasteiger partial charge < -0.3 is 0 Å². The number of hydrogen-bond donors (Lipinski definition) is 0. The van der Waals surface area contributed by atoms with Crippen LogP contribution in [0.1, 0.15) is 0 Å². The van der Waals surface area contributed by atoms with Crippen molar-refractivity contribution in [3.63, 3.8) is 0 Å². The third kappa shape index (κ3) is 1.44. The lowest BCUT2D eigenvalue weighted by molar-refractivity contribution is -0.401. The van der Waals surface area contributed by atoms with Gasteiger partial charge in [0.1, 0.15) is 0 Å². The Kier molecular flexibility index (Phi) is 2.66. The fourth-order valence-electron chi connectivity index (χ4n) is 1.01. The van der Waals surface area contributed by atoms with E-state index in [-0.39, 0.29) is 0 Å². The van der Waals surface area contributed by atoms with Gasteiger partial charge in [-0.15, -0.1) is 0 Å². The lowest BCUT2D eigenvalue weighted by Gasteiger charge is -2.17. The van der Waals surface area contributed by atoms with E-state index in [2.05, 4.69) is 0 Å². The number of carbonyl (C=O) groups is 2. The summed E-state index contributed by atoms with van der Waals surface area (Å²) >= 11 is 1.84. The second-order valence-electron chi connectivity index (χ2n) is 2.62. The molecule has 5 nitrogen and oxygen atoms in total. The molecule has 1 heterocycles. The molecule has 0 spiro atoms. The van der Waals surface area contributed by atoms with Gasteiger partial charge in [0, 0.05) is 22.6 Å². The fourth-order valence-corrected chi connectivity index (χ4v) is 1.62. The van der Waals surface area contributed by atoms with Crippen molar-refractivity contribution in [1.29, 1.82) is 5.26 Å². The van der Waals surface area contributed by atoms with Crippen molar-refractivity contribution in [2.75, 3.05) is 14.1 Å². The van der Waals surface area contributed by atoms with E-state index in [0.717, 1.165) is 4.90 Å². The molecule has 0 aromatic heterocycles. The Morgan fingerprint density at radius 2 is 2.15 bits per heavy atom. The number of nitriles is 1. The monoisotopic (exact) mass is 292 g/mol. The maximum atomic E-state index is 11.4. The molecule has 0 aromatic rings. The zero-order chi connectivity index (χ0) is 10.2. The first-order chi connectivity index (χ1) is 6.00. The topological polar surface area (TPSA) is 64.2 Å². The minimum atomic E-state index is -0.840. The van der Waals surface area contributed by atoms with Crippen LogP contribution in [-0.4, -0.2) is 39.2 Å². The molecule has 1 rings (SSSR count). The Balaban J connectivity index is 3.26. The van der Waals surface area contributed by atoms with E-state index in [9.17, 15) is 9.59 Å². The Hall–Kier alpha value is -0.970. The van der Waals surface area contributed by atoms with Gasteiger partial charge in [-0.1, -0.05) is 0 Å². The largest absolute Gasteiger partial charge is 0.500 e. The van der Waals surface area contributed by atoms with Crippen LogP contribution in [0.5, 0.6) is 0 Å². The molecule has 0 saturated heterocycles. The van der Waals surface area contributed by atoms with Gasteiger partial charge in [0.05, 0.1) is 20.2 Å². The Labute approximate surface area is 88.8 Å². The average molecular weight is 292 g/mol. The van der Waals surface area contributed by atoms with Crippen LogP contribution in [0.4, 0.5) is 4.79 Å². The molecule has 0 N–H and O–H groups in total. The Morgan fingerprint density at radius 3 is 2.62 bits per heavy atom. The van der Waals surface area contributed by atoms with Gasteiger partial charge >= 0.3 is 11.9 Å². The summed E-state index contributed by atoms with van der Waals surface area (Å²) in [5.74, 6) is -1.30. The van der Waals surface area contributed by atoms with Gasteiger partial charge in [-0.2, -0.15) is 19.5 Å². The molecule has 0 saturated carbocycles. The predicted octanol–water partition coefficient (Wildman–Crippen LogP) is 0.194. The lowest BCUT2D eigenvalue weighted by Crippen LogP contribution is -2.49. The van der Waals surface area contributed by atoms with E-state index in [1.165, 1.54) is 18.7 Å². The van der Waals surface area contributed by atoms with Crippen LogP contribution in [-0.2, 0) is 4.79 Å². The van der Waals surface area contributed by atoms with Gasteiger partial charge in [-0.25, -0.2) is 4.79 Å². The molecular formula is C7H7IN3O2+. The molecule has 6 heteroatoms. The number of amides is 3. The van der Waals surface area contributed by atoms with Crippen molar-refractivity contribution in [2.24, 2.45) is 5.92 Å². The molecule has 3 amide bonds. The normalized spacial score (nSPS) is 23.5. The second-order valence-corrected chi connectivity index (χ2v) is 3.73. The SMILES string of the molecule is CN1C(=O)C(C#N)C(I)=[N+](C)C1=O. The van der Waals surface area contributed by atoms with E-state index in [1.807, 2.05) is 28.7 Å². The van der Waals surface area contributed by atoms with Crippen molar-refractivity contribution < 1.29 is 14.2 Å². The number of urea groups is 1. The molecule has 0 bridgehead atoms. The lowest BCUT2D eigenvalue weighted by atomic mass is 10.1. The predicted molar refractivity (Wildman–Crippen MR) is 52.5 cm³/mol. The first-order valence-electron chi connectivity index (χ1n) is 3.48. The molecule has 1 aliphatic heterocycles. The maximum Gasteiger partial charge on any atom is 0.500 e. The first kappa shape index (κ1) is 10.1. The third-order valence-corrected chi connectivity index (χ3v) is 3.19. The molecule has 0 fully saturated rings. The summed E-state index contributed by atoms with van der Waals surface area (Å²) in [5, 5.41) is 8.69. The minimum absolute atomic E-state index is 0.402. The van der Waals surface area contributed by atoms with E-state index in [1.54, 1.807) is 0 Å². The van der Waals surface area contributed by atoms with Crippen molar-refractivity contribution in [2.45, 2.75) is 0 Å². The first-order valence-corrected chi connectivity index (χ1v) is 4.55. The number of halogens is 1. The third-order valence-electron chi connectivity index (χ3n) is 1.84. The van der Waals surface area contributed by atoms with E-state index in [4.69, 9.17) is 5.26 Å². The number of carbonyl (C=O) groups excluding carboxylic acids is 2. The summed E-state index contributed by atoms with van der Waals surface area (Å²) in [5.41, 5.74) is 0. The summed E-state index contributed by atoms with van der Waals surface area (Å²) in [6.45, 7) is 0. The molecule has 0 aromatic carbocycles. The van der Waals surface area contributed by atoms with Gasteiger partial charge in [-0.05, 0) is 0 Å². The van der Waals surface area contributed by atoms with Crippen LogP contribution in [0.25, 0.3) is 0 Å². The molecule has 1 aliphatic rings. The highest BCUT2D eigenvalue weighted by molar-refractivity contribution is 14.1. The van der Waals surface area contributed by atoms with Crippen molar-refractivity contribution in [1.82, 2.24) is 4.90 Å². The van der Waals surface area contributed by atoms with Crippen LogP contribution >= 0.6 is 22.6 Å². The summed E-state index contributed by atoms with van der Waals surface area (Å²) in [6.07, 6.45) is 0. The van der Waals surface area contributed by atoms with Crippen molar-refractivity contribution >= 4 is 38.2 Å². The van der Waals surface area contributed by atoms with Crippen LogP contribution in [0, 0.1) is 17.2 Å². The molecule has 1 atom stereocenters. The Morgan fingerprint density at radius 1 is 1.62 bits per heavy atom. The summed E-state index contributed by atoms with van der Waals surface area (Å²) in [6, 6.07) is 1.45. The Bertz CT molecular complexity index is 355. The van der Waals surface area contributed by atoms with Gasteiger partial charge in [0.15, 0.2) is 3.72 Å². The van der Waals surface area contributed by atoms with Crippen LogP contribution in [0.15, 0.2) is 0 Å². The summed E-state index contributed by atoms with van der Waals surface area (Å²) < 4.78 is 1.75. The van der Waals surface area contributed by atoms with E-state index in [0.29, 0.717) is 3.72 Å². The van der Waals surface area contributed by atoms with E-state index < -0.39 is 17.9 Å². The highest BCUT2D eigenvalue weighted by Crippen LogP contribution is 2.15. The molecule has 0 radical (unpaired) electrons. The fraction of sp³-hybridized carbons (Fsp3) is 0.429.